The number of anilines is 1. The van der Waals surface area contributed by atoms with Gasteiger partial charge in [0.25, 0.3) is 0 Å². The van der Waals surface area contributed by atoms with Crippen LogP contribution in [0.5, 0.6) is 0 Å². The highest BCUT2D eigenvalue weighted by molar-refractivity contribution is 5.24. The zero-order valence-electron chi connectivity index (χ0n) is 7.95. The van der Waals surface area contributed by atoms with Gasteiger partial charge in [0.1, 0.15) is 0 Å². The van der Waals surface area contributed by atoms with E-state index in [4.69, 9.17) is 5.73 Å². The molecule has 0 atom stereocenters. The monoisotopic (exact) mass is 180 g/mol. The molecule has 1 heterocycles. The van der Waals surface area contributed by atoms with Crippen LogP contribution in [-0.2, 0) is 6.42 Å². The second-order valence-corrected chi connectivity index (χ2v) is 2.88. The smallest absolute Gasteiger partial charge is 0.222 e. The zero-order chi connectivity index (χ0) is 9.52. The lowest BCUT2D eigenvalue weighted by Gasteiger charge is -2.02. The van der Waals surface area contributed by atoms with Gasteiger partial charge in [0, 0.05) is 25.5 Å². The lowest BCUT2D eigenvalue weighted by Crippen LogP contribution is -2.14. The first-order valence-corrected chi connectivity index (χ1v) is 4.61. The molecule has 4 heteroatoms. The van der Waals surface area contributed by atoms with Crippen LogP contribution in [0.3, 0.4) is 0 Å². The Morgan fingerprint density at radius 3 is 2.62 bits per heavy atom. The van der Waals surface area contributed by atoms with Crippen LogP contribution in [0.1, 0.15) is 18.9 Å². The Hall–Kier alpha value is -1.16. The van der Waals surface area contributed by atoms with Gasteiger partial charge in [-0.05, 0) is 12.0 Å². The first kappa shape index (κ1) is 9.92. The highest BCUT2D eigenvalue weighted by Gasteiger charge is 1.94. The van der Waals surface area contributed by atoms with E-state index in [1.54, 1.807) is 0 Å². The van der Waals surface area contributed by atoms with Crippen molar-refractivity contribution in [2.45, 2.75) is 19.8 Å². The van der Waals surface area contributed by atoms with Gasteiger partial charge < -0.3 is 11.1 Å². The summed E-state index contributed by atoms with van der Waals surface area (Å²) in [5, 5.41) is 3.02. The predicted octanol–water partition coefficient (Wildman–Crippen LogP) is 0.800. The SMILES string of the molecule is CCCc1cnc(NCCN)nc1. The third kappa shape index (κ3) is 3.38. The van der Waals surface area contributed by atoms with Crippen molar-refractivity contribution in [3.8, 4) is 0 Å². The van der Waals surface area contributed by atoms with Crippen LogP contribution in [0.15, 0.2) is 12.4 Å². The molecule has 13 heavy (non-hydrogen) atoms. The summed E-state index contributed by atoms with van der Waals surface area (Å²) in [6.07, 6.45) is 5.88. The Morgan fingerprint density at radius 2 is 2.08 bits per heavy atom. The first-order chi connectivity index (χ1) is 6.36. The average molecular weight is 180 g/mol. The Morgan fingerprint density at radius 1 is 1.38 bits per heavy atom. The molecule has 0 aliphatic carbocycles. The molecule has 0 radical (unpaired) electrons. The number of aryl methyl sites for hydroxylation is 1. The average Bonchev–Trinajstić information content (AvgIpc) is 2.17. The topological polar surface area (TPSA) is 63.8 Å². The molecular formula is C9H16N4. The second-order valence-electron chi connectivity index (χ2n) is 2.88. The third-order valence-electron chi connectivity index (χ3n) is 1.67. The van der Waals surface area contributed by atoms with E-state index in [0.29, 0.717) is 19.0 Å². The summed E-state index contributed by atoms with van der Waals surface area (Å²) in [6, 6.07) is 0. The molecule has 0 saturated carbocycles. The minimum Gasteiger partial charge on any atom is -0.353 e. The van der Waals surface area contributed by atoms with Gasteiger partial charge in [-0.15, -0.1) is 0 Å². The Kier molecular flexibility index (Phi) is 4.18. The largest absolute Gasteiger partial charge is 0.353 e. The molecule has 0 fully saturated rings. The first-order valence-electron chi connectivity index (χ1n) is 4.61. The van der Waals surface area contributed by atoms with Gasteiger partial charge in [0.2, 0.25) is 5.95 Å². The zero-order valence-corrected chi connectivity index (χ0v) is 7.95. The molecular weight excluding hydrogens is 164 g/mol. The fourth-order valence-corrected chi connectivity index (χ4v) is 1.05. The van der Waals surface area contributed by atoms with Gasteiger partial charge in [-0.2, -0.15) is 0 Å². The Labute approximate surface area is 78.6 Å². The lowest BCUT2D eigenvalue weighted by atomic mass is 10.2. The van der Waals surface area contributed by atoms with Crippen LogP contribution in [-0.4, -0.2) is 23.1 Å². The maximum atomic E-state index is 5.34. The van der Waals surface area contributed by atoms with Gasteiger partial charge in [-0.25, -0.2) is 9.97 Å². The number of aromatic nitrogens is 2. The van der Waals surface area contributed by atoms with E-state index in [2.05, 4.69) is 22.2 Å². The van der Waals surface area contributed by atoms with Gasteiger partial charge in [0.05, 0.1) is 0 Å². The summed E-state index contributed by atoms with van der Waals surface area (Å²) >= 11 is 0. The maximum absolute atomic E-state index is 5.34. The standard InChI is InChI=1S/C9H16N4/c1-2-3-8-6-12-9(13-7-8)11-5-4-10/h6-7H,2-5,10H2,1H3,(H,11,12,13). The number of hydrogen-bond donors (Lipinski definition) is 2. The molecule has 1 rings (SSSR count). The molecule has 3 N–H and O–H groups in total. The molecule has 4 nitrogen and oxygen atoms in total. The summed E-state index contributed by atoms with van der Waals surface area (Å²) in [5.41, 5.74) is 6.52. The molecule has 1 aromatic heterocycles. The van der Waals surface area contributed by atoms with Crippen molar-refractivity contribution in [2.75, 3.05) is 18.4 Å². The van der Waals surface area contributed by atoms with Crippen molar-refractivity contribution in [2.24, 2.45) is 5.73 Å². The summed E-state index contributed by atoms with van der Waals surface area (Å²) < 4.78 is 0. The van der Waals surface area contributed by atoms with E-state index >= 15 is 0 Å². The second kappa shape index (κ2) is 5.48. The molecule has 0 amide bonds. The van der Waals surface area contributed by atoms with Crippen LogP contribution in [0.4, 0.5) is 5.95 Å². The number of nitrogens with two attached hydrogens (primary N) is 1. The third-order valence-corrected chi connectivity index (χ3v) is 1.67. The van der Waals surface area contributed by atoms with E-state index in [9.17, 15) is 0 Å². The molecule has 1 aromatic rings. The number of nitrogens with zero attached hydrogens (tertiary/aromatic N) is 2. The Balaban J connectivity index is 2.48. The van der Waals surface area contributed by atoms with Crippen LogP contribution in [0.25, 0.3) is 0 Å². The Bertz CT molecular complexity index is 232. The van der Waals surface area contributed by atoms with Crippen molar-refractivity contribution in [1.29, 1.82) is 0 Å². The fourth-order valence-electron chi connectivity index (χ4n) is 1.05. The molecule has 0 aliphatic rings. The summed E-state index contributed by atoms with van der Waals surface area (Å²) in [6.45, 7) is 3.45. The highest BCUT2D eigenvalue weighted by Crippen LogP contribution is 2.01. The number of nitrogens with one attached hydrogen (secondary N) is 1. The van der Waals surface area contributed by atoms with Gasteiger partial charge >= 0.3 is 0 Å². The fraction of sp³-hybridized carbons (Fsp3) is 0.556. The van der Waals surface area contributed by atoms with Crippen molar-refractivity contribution in [3.63, 3.8) is 0 Å². The summed E-state index contributed by atoms with van der Waals surface area (Å²) in [5.74, 6) is 0.658. The maximum Gasteiger partial charge on any atom is 0.222 e. The molecule has 0 bridgehead atoms. The van der Waals surface area contributed by atoms with E-state index in [-0.39, 0.29) is 0 Å². The van der Waals surface area contributed by atoms with Gasteiger partial charge in [-0.1, -0.05) is 13.3 Å². The van der Waals surface area contributed by atoms with Crippen molar-refractivity contribution in [3.05, 3.63) is 18.0 Å². The van der Waals surface area contributed by atoms with Crippen molar-refractivity contribution in [1.82, 2.24) is 9.97 Å². The van der Waals surface area contributed by atoms with Gasteiger partial charge in [-0.3, -0.25) is 0 Å². The minimum absolute atomic E-state index is 0.597. The van der Waals surface area contributed by atoms with E-state index in [1.165, 1.54) is 5.56 Å². The number of hydrogen-bond acceptors (Lipinski definition) is 4. The molecule has 0 aliphatic heterocycles. The van der Waals surface area contributed by atoms with E-state index in [0.717, 1.165) is 12.8 Å². The lowest BCUT2D eigenvalue weighted by molar-refractivity contribution is 0.897. The van der Waals surface area contributed by atoms with Crippen molar-refractivity contribution < 1.29 is 0 Å². The van der Waals surface area contributed by atoms with Crippen LogP contribution in [0, 0.1) is 0 Å². The summed E-state index contributed by atoms with van der Waals surface area (Å²) in [7, 11) is 0. The summed E-state index contributed by atoms with van der Waals surface area (Å²) in [4.78, 5) is 8.31. The molecule has 0 unspecified atom stereocenters. The van der Waals surface area contributed by atoms with Gasteiger partial charge in [0.15, 0.2) is 0 Å². The van der Waals surface area contributed by atoms with E-state index < -0.39 is 0 Å². The predicted molar refractivity (Wildman–Crippen MR) is 53.6 cm³/mol. The minimum atomic E-state index is 0.597. The molecule has 0 saturated heterocycles. The molecule has 0 aromatic carbocycles. The van der Waals surface area contributed by atoms with Crippen LogP contribution >= 0.6 is 0 Å². The highest BCUT2D eigenvalue weighted by atomic mass is 15.1. The van der Waals surface area contributed by atoms with Crippen LogP contribution < -0.4 is 11.1 Å². The molecule has 0 spiro atoms. The van der Waals surface area contributed by atoms with Crippen molar-refractivity contribution >= 4 is 5.95 Å². The number of rotatable bonds is 5. The molecule has 72 valence electrons. The van der Waals surface area contributed by atoms with Crippen LogP contribution in [0.2, 0.25) is 0 Å². The quantitative estimate of drug-likeness (QED) is 0.703. The normalized spacial score (nSPS) is 10.0. The van der Waals surface area contributed by atoms with E-state index in [1.807, 2.05) is 12.4 Å².